The number of thiophene rings is 1. The molecule has 0 radical (unpaired) electrons. The molecule has 5 aromatic rings. The van der Waals surface area contributed by atoms with Gasteiger partial charge < -0.3 is 5.32 Å². The molecule has 2 aromatic heterocycles. The van der Waals surface area contributed by atoms with Crippen molar-refractivity contribution in [1.29, 1.82) is 0 Å². The minimum Gasteiger partial charge on any atom is -0.321 e. The molecule has 0 aliphatic heterocycles. The van der Waals surface area contributed by atoms with Crippen molar-refractivity contribution < 1.29 is 13.2 Å². The number of sulfonamides is 1. The summed E-state index contributed by atoms with van der Waals surface area (Å²) >= 11 is 1.45. The van der Waals surface area contributed by atoms with Crippen LogP contribution >= 0.6 is 11.3 Å². The molecule has 0 spiro atoms. The molecular formula is C29H26N4O3S2. The minimum atomic E-state index is -3.89. The molecule has 0 saturated carbocycles. The van der Waals surface area contributed by atoms with Crippen LogP contribution in [-0.4, -0.2) is 24.3 Å². The van der Waals surface area contributed by atoms with Gasteiger partial charge in [0.15, 0.2) is 0 Å². The third-order valence-corrected chi connectivity index (χ3v) is 8.59. The van der Waals surface area contributed by atoms with E-state index in [4.69, 9.17) is 0 Å². The number of carbonyl (C=O) groups is 1. The van der Waals surface area contributed by atoms with Crippen molar-refractivity contribution in [2.45, 2.75) is 32.1 Å². The summed E-state index contributed by atoms with van der Waals surface area (Å²) in [4.78, 5) is 22.3. The Balaban J connectivity index is 1.37. The van der Waals surface area contributed by atoms with Crippen molar-refractivity contribution in [2.24, 2.45) is 0 Å². The van der Waals surface area contributed by atoms with Crippen LogP contribution < -0.4 is 10.0 Å². The number of nitrogens with one attached hydrogen (secondary N) is 2. The van der Waals surface area contributed by atoms with Crippen LogP contribution in [0, 0.1) is 20.8 Å². The van der Waals surface area contributed by atoms with Gasteiger partial charge in [0.25, 0.3) is 15.9 Å². The second-order valence-corrected chi connectivity index (χ2v) is 11.9. The van der Waals surface area contributed by atoms with Crippen LogP contribution in [0.15, 0.2) is 83.8 Å². The maximum atomic E-state index is 13.4. The number of nitrogens with zero attached hydrogens (tertiary/aromatic N) is 2. The first-order valence-corrected chi connectivity index (χ1v) is 14.3. The smallest absolute Gasteiger partial charge is 0.266 e. The first-order chi connectivity index (χ1) is 18.2. The van der Waals surface area contributed by atoms with Gasteiger partial charge in [-0.2, -0.15) is 0 Å². The number of carbonyl (C=O) groups excluding carboxylic acids is 1. The topological polar surface area (TPSA) is 101 Å². The summed E-state index contributed by atoms with van der Waals surface area (Å²) in [5.41, 5.74) is 5.11. The van der Waals surface area contributed by atoms with E-state index in [0.29, 0.717) is 28.4 Å². The molecule has 0 aliphatic carbocycles. The second-order valence-electron chi connectivity index (χ2n) is 9.13. The molecule has 0 atom stereocenters. The van der Waals surface area contributed by atoms with E-state index in [1.54, 1.807) is 32.0 Å². The predicted octanol–water partition coefficient (Wildman–Crippen LogP) is 6.26. The van der Waals surface area contributed by atoms with E-state index in [1.807, 2.05) is 31.2 Å². The molecule has 5 rings (SSSR count). The van der Waals surface area contributed by atoms with Crippen molar-refractivity contribution >= 4 is 49.0 Å². The number of amides is 1. The standard InChI is InChI=1S/C29H26N4O3S2/c1-18-8-10-21(11-9-18)17-25-24-6-4-5-7-26(24)37-27(25)28(34)32-22-12-14-23(15-13-22)38(35,36)33-29-30-19(2)16-20(3)31-29/h4-16H,17H2,1-3H3,(H,32,34)(H,30,31,33). The Hall–Kier alpha value is -4.08. The van der Waals surface area contributed by atoms with Gasteiger partial charge in [-0.05, 0) is 80.1 Å². The van der Waals surface area contributed by atoms with Gasteiger partial charge in [0.1, 0.15) is 0 Å². The molecule has 1 amide bonds. The maximum absolute atomic E-state index is 13.4. The van der Waals surface area contributed by atoms with Crippen LogP contribution in [0.25, 0.3) is 10.1 Å². The van der Waals surface area contributed by atoms with Crippen LogP contribution in [0.4, 0.5) is 11.6 Å². The summed E-state index contributed by atoms with van der Waals surface area (Å²) in [7, 11) is -3.89. The fourth-order valence-electron chi connectivity index (χ4n) is 4.22. The number of fused-ring (bicyclic) bond motifs is 1. The molecule has 2 heterocycles. The normalized spacial score (nSPS) is 11.4. The van der Waals surface area contributed by atoms with E-state index < -0.39 is 10.0 Å². The SMILES string of the molecule is Cc1ccc(Cc2c(C(=O)Nc3ccc(S(=O)(=O)Nc4nc(C)cc(C)n4)cc3)sc3ccccc23)cc1. The number of benzene rings is 3. The molecule has 0 fully saturated rings. The Labute approximate surface area is 225 Å². The zero-order chi connectivity index (χ0) is 26.9. The van der Waals surface area contributed by atoms with Crippen molar-refractivity contribution in [3.05, 3.63) is 112 Å². The summed E-state index contributed by atoms with van der Waals surface area (Å²) < 4.78 is 29.1. The number of aryl methyl sites for hydroxylation is 3. The molecule has 0 saturated heterocycles. The van der Waals surface area contributed by atoms with Crippen molar-refractivity contribution in [3.63, 3.8) is 0 Å². The van der Waals surface area contributed by atoms with E-state index >= 15 is 0 Å². The fraction of sp³-hybridized carbons (Fsp3) is 0.138. The number of rotatable bonds is 7. The summed E-state index contributed by atoms with van der Waals surface area (Å²) in [6.07, 6.45) is 0.635. The Bertz CT molecular complexity index is 1720. The van der Waals surface area contributed by atoms with Crippen molar-refractivity contribution in [2.75, 3.05) is 10.0 Å². The Morgan fingerprint density at radius 1 is 0.868 bits per heavy atom. The fourth-order valence-corrected chi connectivity index (χ4v) is 6.28. The largest absolute Gasteiger partial charge is 0.321 e. The lowest BCUT2D eigenvalue weighted by Crippen LogP contribution is -2.16. The minimum absolute atomic E-state index is 0.0192. The van der Waals surface area contributed by atoms with E-state index in [1.165, 1.54) is 29.0 Å². The van der Waals surface area contributed by atoms with Gasteiger partial charge in [0, 0.05) is 21.8 Å². The highest BCUT2D eigenvalue weighted by molar-refractivity contribution is 7.92. The van der Waals surface area contributed by atoms with Crippen molar-refractivity contribution in [1.82, 2.24) is 9.97 Å². The van der Waals surface area contributed by atoms with E-state index in [0.717, 1.165) is 21.2 Å². The second kappa shape index (κ2) is 10.4. The zero-order valence-corrected chi connectivity index (χ0v) is 22.8. The molecular weight excluding hydrogens is 516 g/mol. The maximum Gasteiger partial charge on any atom is 0.266 e. The number of hydrogen-bond acceptors (Lipinski definition) is 6. The predicted molar refractivity (Wildman–Crippen MR) is 153 cm³/mol. The summed E-state index contributed by atoms with van der Waals surface area (Å²) in [6.45, 7) is 5.59. The van der Waals surface area contributed by atoms with Gasteiger partial charge in [-0.25, -0.2) is 23.1 Å². The molecule has 0 bridgehead atoms. The molecule has 3 aromatic carbocycles. The highest BCUT2D eigenvalue weighted by Gasteiger charge is 2.20. The van der Waals surface area contributed by atoms with Gasteiger partial charge in [-0.15, -0.1) is 11.3 Å². The first kappa shape index (κ1) is 25.6. The van der Waals surface area contributed by atoms with Crippen LogP contribution in [0.5, 0.6) is 0 Å². The quantitative estimate of drug-likeness (QED) is 0.253. The van der Waals surface area contributed by atoms with Crippen LogP contribution in [0.1, 0.15) is 37.7 Å². The molecule has 38 heavy (non-hydrogen) atoms. The lowest BCUT2D eigenvalue weighted by atomic mass is 10.0. The van der Waals surface area contributed by atoms with Gasteiger partial charge in [-0.1, -0.05) is 48.0 Å². The highest BCUT2D eigenvalue weighted by atomic mass is 32.2. The monoisotopic (exact) mass is 542 g/mol. The molecule has 0 unspecified atom stereocenters. The molecule has 192 valence electrons. The molecule has 2 N–H and O–H groups in total. The van der Waals surface area contributed by atoms with E-state index in [-0.39, 0.29) is 16.8 Å². The highest BCUT2D eigenvalue weighted by Crippen LogP contribution is 2.33. The summed E-state index contributed by atoms with van der Waals surface area (Å²) in [6, 6.07) is 24.1. The van der Waals surface area contributed by atoms with Crippen molar-refractivity contribution in [3.8, 4) is 0 Å². The van der Waals surface area contributed by atoms with Gasteiger partial charge in [0.05, 0.1) is 9.77 Å². The van der Waals surface area contributed by atoms with Crippen LogP contribution in [-0.2, 0) is 16.4 Å². The zero-order valence-electron chi connectivity index (χ0n) is 21.1. The molecule has 0 aliphatic rings. The Morgan fingerprint density at radius 2 is 1.53 bits per heavy atom. The Morgan fingerprint density at radius 3 is 2.21 bits per heavy atom. The average Bonchev–Trinajstić information content (AvgIpc) is 3.23. The van der Waals surface area contributed by atoms with E-state index in [2.05, 4.69) is 44.3 Å². The van der Waals surface area contributed by atoms with Crippen LogP contribution in [0.3, 0.4) is 0 Å². The first-order valence-electron chi connectivity index (χ1n) is 12.0. The number of anilines is 2. The third-order valence-electron chi connectivity index (χ3n) is 6.04. The lowest BCUT2D eigenvalue weighted by Gasteiger charge is -2.10. The molecule has 7 nitrogen and oxygen atoms in total. The third kappa shape index (κ3) is 5.58. The van der Waals surface area contributed by atoms with Gasteiger partial charge in [0.2, 0.25) is 5.95 Å². The van der Waals surface area contributed by atoms with Crippen LogP contribution in [0.2, 0.25) is 0 Å². The summed E-state index contributed by atoms with van der Waals surface area (Å²) in [5.74, 6) is -0.212. The van der Waals surface area contributed by atoms with Gasteiger partial charge in [-0.3, -0.25) is 4.79 Å². The summed E-state index contributed by atoms with van der Waals surface area (Å²) in [5, 5.41) is 3.99. The van der Waals surface area contributed by atoms with E-state index in [9.17, 15) is 13.2 Å². The molecule has 9 heteroatoms. The average molecular weight is 543 g/mol. The lowest BCUT2D eigenvalue weighted by molar-refractivity contribution is 0.103. The number of hydrogen-bond donors (Lipinski definition) is 2. The van der Waals surface area contributed by atoms with Gasteiger partial charge >= 0.3 is 0 Å². The Kier molecular flexibility index (Phi) is 6.96. The number of aromatic nitrogens is 2.